The summed E-state index contributed by atoms with van der Waals surface area (Å²) in [6.45, 7) is 0.0101. The summed E-state index contributed by atoms with van der Waals surface area (Å²) in [6.07, 6.45) is -0.135. The molecular formula is C25H25N5O3S. The summed E-state index contributed by atoms with van der Waals surface area (Å²) < 4.78 is 14.4. The molecule has 0 amide bonds. The van der Waals surface area contributed by atoms with E-state index in [-0.39, 0.29) is 18.8 Å². The lowest BCUT2D eigenvalue weighted by Gasteiger charge is -2.36. The first-order chi connectivity index (χ1) is 16.7. The van der Waals surface area contributed by atoms with Crippen molar-refractivity contribution in [1.29, 1.82) is 0 Å². The standard InChI is InChI=1S/C25H25N5O3S/c26-20-6-4-5-19(13-20)24-32-22(14-23(33-24)18-11-9-17(15-31)10-12-18)16-34-25-27-28-29-30(25)21-7-2-1-3-8-21/h1-13,22-24,31H,14-16,26H2/t22-,23+,24+/m0/s1. The van der Waals surface area contributed by atoms with Crippen molar-refractivity contribution in [3.8, 4) is 5.69 Å². The second-order valence-electron chi connectivity index (χ2n) is 8.04. The van der Waals surface area contributed by atoms with Gasteiger partial charge in [-0.05, 0) is 45.8 Å². The Kier molecular flexibility index (Phi) is 6.87. The average molecular weight is 476 g/mol. The maximum Gasteiger partial charge on any atom is 0.214 e. The molecule has 1 saturated heterocycles. The fraction of sp³-hybridized carbons (Fsp3) is 0.240. The molecule has 0 spiro atoms. The zero-order chi connectivity index (χ0) is 23.3. The summed E-state index contributed by atoms with van der Waals surface area (Å²) in [7, 11) is 0. The number of ether oxygens (including phenoxy) is 2. The maximum atomic E-state index is 9.38. The van der Waals surface area contributed by atoms with Gasteiger partial charge in [0.1, 0.15) is 0 Å². The highest BCUT2D eigenvalue weighted by Gasteiger charge is 2.32. The summed E-state index contributed by atoms with van der Waals surface area (Å²) >= 11 is 1.55. The van der Waals surface area contributed by atoms with Gasteiger partial charge < -0.3 is 20.3 Å². The summed E-state index contributed by atoms with van der Waals surface area (Å²) in [4.78, 5) is 0. The van der Waals surface area contributed by atoms with Crippen LogP contribution in [0.25, 0.3) is 5.69 Å². The van der Waals surface area contributed by atoms with Crippen molar-refractivity contribution in [2.75, 3.05) is 11.5 Å². The van der Waals surface area contributed by atoms with Gasteiger partial charge in [-0.1, -0.05) is 66.4 Å². The van der Waals surface area contributed by atoms with Crippen LogP contribution in [0.2, 0.25) is 0 Å². The number of thioether (sulfide) groups is 1. The van der Waals surface area contributed by atoms with E-state index in [4.69, 9.17) is 15.2 Å². The van der Waals surface area contributed by atoms with Crippen molar-refractivity contribution in [2.45, 2.75) is 36.7 Å². The van der Waals surface area contributed by atoms with Gasteiger partial charge in [-0.15, -0.1) is 5.10 Å². The van der Waals surface area contributed by atoms with E-state index in [2.05, 4.69) is 15.5 Å². The van der Waals surface area contributed by atoms with Crippen molar-refractivity contribution < 1.29 is 14.6 Å². The fourth-order valence-electron chi connectivity index (χ4n) is 3.90. The second kappa shape index (κ2) is 10.4. The van der Waals surface area contributed by atoms with Gasteiger partial charge in [0.15, 0.2) is 6.29 Å². The van der Waals surface area contributed by atoms with Crippen molar-refractivity contribution in [3.63, 3.8) is 0 Å². The highest BCUT2D eigenvalue weighted by atomic mass is 32.2. The molecule has 8 nitrogen and oxygen atoms in total. The predicted molar refractivity (Wildman–Crippen MR) is 129 cm³/mol. The van der Waals surface area contributed by atoms with E-state index < -0.39 is 6.29 Å². The summed E-state index contributed by atoms with van der Waals surface area (Å²) in [5.74, 6) is 0.653. The van der Waals surface area contributed by atoms with Crippen LogP contribution in [0.15, 0.2) is 84.0 Å². The number of hydrogen-bond donors (Lipinski definition) is 2. The zero-order valence-corrected chi connectivity index (χ0v) is 19.2. The minimum atomic E-state index is -0.546. The van der Waals surface area contributed by atoms with Gasteiger partial charge in [-0.2, -0.15) is 4.68 Å². The molecule has 0 unspecified atom stereocenters. The van der Waals surface area contributed by atoms with Crippen LogP contribution in [0.5, 0.6) is 0 Å². The number of para-hydroxylation sites is 1. The molecule has 1 fully saturated rings. The molecule has 1 aliphatic heterocycles. The Bertz CT molecular complexity index is 1220. The van der Waals surface area contributed by atoms with Crippen molar-refractivity contribution in [3.05, 3.63) is 95.6 Å². The SMILES string of the molecule is Nc1cccc([C@@H]2O[C@H](CSc3nnnn3-c3ccccc3)C[C@H](c3ccc(CO)cc3)O2)c1. The Hall–Kier alpha value is -3.24. The molecule has 0 radical (unpaired) electrons. The van der Waals surface area contributed by atoms with Crippen molar-refractivity contribution in [1.82, 2.24) is 20.2 Å². The summed E-state index contributed by atoms with van der Waals surface area (Å²) in [5.41, 5.74) is 10.4. The summed E-state index contributed by atoms with van der Waals surface area (Å²) in [5, 5.41) is 22.3. The smallest absolute Gasteiger partial charge is 0.214 e. The predicted octanol–water partition coefficient (Wildman–Crippen LogP) is 4.07. The molecular weight excluding hydrogens is 450 g/mol. The lowest BCUT2D eigenvalue weighted by Crippen LogP contribution is -2.31. The quantitative estimate of drug-likeness (QED) is 0.304. The zero-order valence-electron chi connectivity index (χ0n) is 18.4. The van der Waals surface area contributed by atoms with Crippen molar-refractivity contribution in [2.24, 2.45) is 0 Å². The van der Waals surface area contributed by atoms with Gasteiger partial charge >= 0.3 is 0 Å². The number of aromatic nitrogens is 4. The van der Waals surface area contributed by atoms with Crippen LogP contribution in [0.1, 0.15) is 35.5 Å². The van der Waals surface area contributed by atoms with Crippen LogP contribution in [-0.4, -0.2) is 37.2 Å². The van der Waals surface area contributed by atoms with E-state index in [0.29, 0.717) is 23.0 Å². The highest BCUT2D eigenvalue weighted by Crippen LogP contribution is 2.39. The van der Waals surface area contributed by atoms with Crippen LogP contribution < -0.4 is 5.73 Å². The molecule has 0 saturated carbocycles. The second-order valence-corrected chi connectivity index (χ2v) is 9.03. The molecule has 174 valence electrons. The van der Waals surface area contributed by atoms with Gasteiger partial charge in [0.25, 0.3) is 0 Å². The normalized spacial score (nSPS) is 20.3. The third-order valence-corrected chi connectivity index (χ3v) is 6.69. The number of rotatable bonds is 7. The van der Waals surface area contributed by atoms with Crippen LogP contribution in [0.4, 0.5) is 5.69 Å². The van der Waals surface area contributed by atoms with Gasteiger partial charge in [-0.3, -0.25) is 0 Å². The molecule has 4 aromatic rings. The van der Waals surface area contributed by atoms with Crippen LogP contribution >= 0.6 is 11.8 Å². The molecule has 1 aliphatic rings. The molecule has 3 N–H and O–H groups in total. The minimum absolute atomic E-state index is 0.0101. The van der Waals surface area contributed by atoms with E-state index in [1.54, 1.807) is 16.4 Å². The first kappa shape index (κ1) is 22.5. The van der Waals surface area contributed by atoms with Crippen molar-refractivity contribution >= 4 is 17.4 Å². The molecule has 1 aromatic heterocycles. The van der Waals surface area contributed by atoms with E-state index >= 15 is 0 Å². The number of benzene rings is 3. The van der Waals surface area contributed by atoms with Gasteiger partial charge in [0.05, 0.1) is 24.5 Å². The van der Waals surface area contributed by atoms with E-state index in [1.165, 1.54) is 0 Å². The fourth-order valence-corrected chi connectivity index (χ4v) is 4.80. The minimum Gasteiger partial charge on any atom is -0.399 e. The monoisotopic (exact) mass is 475 g/mol. The number of nitrogens with zero attached hydrogens (tertiary/aromatic N) is 4. The Morgan fingerprint density at radius 1 is 0.971 bits per heavy atom. The number of hydrogen-bond acceptors (Lipinski definition) is 8. The number of anilines is 1. The number of nitrogens with two attached hydrogens (primary N) is 1. The molecule has 2 heterocycles. The van der Waals surface area contributed by atoms with Crippen LogP contribution in [0.3, 0.4) is 0 Å². The third kappa shape index (κ3) is 5.13. The van der Waals surface area contributed by atoms with E-state index in [9.17, 15) is 5.11 Å². The number of nitrogen functional groups attached to an aromatic ring is 1. The van der Waals surface area contributed by atoms with Gasteiger partial charge in [0.2, 0.25) is 5.16 Å². The molecule has 9 heteroatoms. The Morgan fingerprint density at radius 3 is 2.56 bits per heavy atom. The molecule has 3 aromatic carbocycles. The van der Waals surface area contributed by atoms with E-state index in [0.717, 1.165) is 22.4 Å². The molecule has 34 heavy (non-hydrogen) atoms. The number of aliphatic hydroxyl groups excluding tert-OH is 1. The van der Waals surface area contributed by atoms with E-state index in [1.807, 2.05) is 78.9 Å². The average Bonchev–Trinajstić information content (AvgIpc) is 3.37. The summed E-state index contributed by atoms with van der Waals surface area (Å²) in [6, 6.07) is 25.2. The Morgan fingerprint density at radius 2 is 1.79 bits per heavy atom. The molecule has 0 aliphatic carbocycles. The largest absolute Gasteiger partial charge is 0.399 e. The van der Waals surface area contributed by atoms with Gasteiger partial charge in [-0.25, -0.2) is 0 Å². The lowest BCUT2D eigenvalue weighted by atomic mass is 10.0. The molecule has 5 rings (SSSR count). The van der Waals surface area contributed by atoms with Gasteiger partial charge in [0, 0.05) is 23.4 Å². The third-order valence-electron chi connectivity index (χ3n) is 5.64. The van der Waals surface area contributed by atoms with Crippen LogP contribution in [0, 0.1) is 0 Å². The maximum absolute atomic E-state index is 9.38. The number of tetrazole rings is 1. The van der Waals surface area contributed by atoms with Crippen LogP contribution in [-0.2, 0) is 16.1 Å². The Labute approximate surface area is 201 Å². The topological polar surface area (TPSA) is 108 Å². The highest BCUT2D eigenvalue weighted by molar-refractivity contribution is 7.99. The first-order valence-electron chi connectivity index (χ1n) is 11.0. The molecule has 0 bridgehead atoms. The molecule has 3 atom stereocenters. The first-order valence-corrected chi connectivity index (χ1v) is 12.0. The lowest BCUT2D eigenvalue weighted by molar-refractivity contribution is -0.245. The number of aliphatic hydroxyl groups is 1. The Balaban J connectivity index is 1.36.